The van der Waals surface area contributed by atoms with Gasteiger partial charge in [0.1, 0.15) is 5.60 Å². The van der Waals surface area contributed by atoms with Crippen LogP contribution in [0.3, 0.4) is 0 Å². The van der Waals surface area contributed by atoms with Crippen LogP contribution >= 0.6 is 0 Å². The molecule has 1 fully saturated rings. The Labute approximate surface area is 243 Å². The minimum Gasteiger partial charge on any atom is -0.465 e. The van der Waals surface area contributed by atoms with E-state index in [1.165, 1.54) is 63.4 Å². The van der Waals surface area contributed by atoms with E-state index < -0.39 is 17.8 Å². The van der Waals surface area contributed by atoms with Crippen molar-refractivity contribution < 1.29 is 24.0 Å². The Kier molecular flexibility index (Phi) is 12.6. The minimum absolute atomic E-state index is 0.0706. The van der Waals surface area contributed by atoms with Crippen LogP contribution < -0.4 is 5.32 Å². The molecule has 2 N–H and O–H groups in total. The highest BCUT2D eigenvalue weighted by atomic mass is 16.6. The second-order valence-corrected chi connectivity index (χ2v) is 11.9. The van der Waals surface area contributed by atoms with Gasteiger partial charge < -0.3 is 19.3 Å². The number of aromatic nitrogens is 2. The fourth-order valence-electron chi connectivity index (χ4n) is 4.99. The van der Waals surface area contributed by atoms with Gasteiger partial charge >= 0.3 is 12.2 Å². The zero-order valence-corrected chi connectivity index (χ0v) is 25.2. The average Bonchev–Trinajstić information content (AvgIpc) is 3.41. The van der Waals surface area contributed by atoms with Crippen LogP contribution in [0, 0.1) is 0 Å². The molecule has 41 heavy (non-hydrogen) atoms. The van der Waals surface area contributed by atoms with Crippen molar-refractivity contribution in [3.05, 3.63) is 35.7 Å². The highest BCUT2D eigenvalue weighted by Gasteiger charge is 2.29. The number of unbranched alkanes of at least 4 members (excludes halogenated alkanes) is 8. The number of guanidine groups is 1. The molecule has 0 saturated carbocycles. The van der Waals surface area contributed by atoms with E-state index in [1.54, 1.807) is 25.7 Å². The third kappa shape index (κ3) is 11.5. The number of hydrogen-bond acceptors (Lipinski definition) is 6. The van der Waals surface area contributed by atoms with Crippen LogP contribution in [0.2, 0.25) is 0 Å². The van der Waals surface area contributed by atoms with Crippen molar-refractivity contribution in [3.63, 3.8) is 0 Å². The molecule has 1 aliphatic heterocycles. The number of aliphatic imine (C=N–C) groups is 1. The third-order valence-electron chi connectivity index (χ3n) is 7.10. The van der Waals surface area contributed by atoms with Gasteiger partial charge in [0.15, 0.2) is 0 Å². The molecule has 1 aromatic carbocycles. The zero-order chi connectivity index (χ0) is 29.7. The van der Waals surface area contributed by atoms with Gasteiger partial charge in [-0.2, -0.15) is 4.98 Å². The van der Waals surface area contributed by atoms with Crippen LogP contribution in [-0.2, 0) is 11.2 Å². The van der Waals surface area contributed by atoms with Crippen molar-refractivity contribution in [2.24, 2.45) is 4.99 Å². The standard InChI is InChI=1S/C31H47N5O5/c1-5-6-7-8-9-10-11-12-13-15-23-17-19-24(20-18-23)26-32-27(41-35-26)25-16-14-21-36(22-25)28(33-29(37)38)34-30(39)40-31(2,3)4/h17-20,25H,5-16,21-22H2,1-4H3,(H,37,38)(H,33,34,39). The quantitative estimate of drug-likeness (QED) is 0.152. The van der Waals surface area contributed by atoms with E-state index in [0.717, 1.165) is 24.8 Å². The number of nitrogens with one attached hydrogen (secondary N) is 1. The van der Waals surface area contributed by atoms with Crippen LogP contribution in [0.5, 0.6) is 0 Å². The average molecular weight is 570 g/mol. The Morgan fingerprint density at radius 1 is 1.07 bits per heavy atom. The number of carbonyl (C=O) groups excluding carboxylic acids is 1. The van der Waals surface area contributed by atoms with Crippen molar-refractivity contribution in [1.82, 2.24) is 20.4 Å². The van der Waals surface area contributed by atoms with E-state index in [2.05, 4.69) is 39.5 Å². The molecule has 0 spiro atoms. The van der Waals surface area contributed by atoms with Crippen LogP contribution in [0.25, 0.3) is 11.4 Å². The van der Waals surface area contributed by atoms with Crippen LogP contribution in [0.4, 0.5) is 9.59 Å². The molecule has 226 valence electrons. The number of hydrogen-bond donors (Lipinski definition) is 2. The Hall–Kier alpha value is -3.43. The summed E-state index contributed by atoms with van der Waals surface area (Å²) in [5, 5.41) is 15.7. The summed E-state index contributed by atoms with van der Waals surface area (Å²) in [4.78, 5) is 33.9. The minimum atomic E-state index is -1.31. The lowest BCUT2D eigenvalue weighted by molar-refractivity contribution is 0.0600. The summed E-state index contributed by atoms with van der Waals surface area (Å²) in [7, 11) is 0. The molecule has 10 nitrogen and oxygen atoms in total. The molecular formula is C31H47N5O5. The van der Waals surface area contributed by atoms with Crippen LogP contribution in [-0.4, -0.2) is 57.0 Å². The predicted octanol–water partition coefficient (Wildman–Crippen LogP) is 7.55. The fraction of sp³-hybridized carbons (Fsp3) is 0.645. The lowest BCUT2D eigenvalue weighted by atomic mass is 9.98. The SMILES string of the molecule is CCCCCCCCCCCc1ccc(-c2noc(C3CCCN(C(=NC(=O)OC(C)(C)C)NC(=O)O)C3)n2)cc1. The van der Waals surface area contributed by atoms with Gasteiger partial charge in [-0.1, -0.05) is 87.7 Å². The number of carboxylic acid groups (broad SMARTS) is 1. The monoisotopic (exact) mass is 569 g/mol. The number of nitrogens with zero attached hydrogens (tertiary/aromatic N) is 4. The smallest absolute Gasteiger partial charge is 0.437 e. The van der Waals surface area contributed by atoms with Gasteiger partial charge in [0.05, 0.1) is 5.92 Å². The first-order chi connectivity index (χ1) is 19.6. The highest BCUT2D eigenvalue weighted by molar-refractivity contribution is 5.98. The van der Waals surface area contributed by atoms with Crippen molar-refractivity contribution in [1.29, 1.82) is 0 Å². The van der Waals surface area contributed by atoms with Gasteiger partial charge in [0.25, 0.3) is 0 Å². The summed E-state index contributed by atoms with van der Waals surface area (Å²) >= 11 is 0. The molecule has 1 aromatic heterocycles. The number of ether oxygens (including phenoxy) is 1. The summed E-state index contributed by atoms with van der Waals surface area (Å²) in [6.45, 7) is 8.33. The Morgan fingerprint density at radius 2 is 1.73 bits per heavy atom. The second-order valence-electron chi connectivity index (χ2n) is 11.9. The molecule has 0 bridgehead atoms. The van der Waals surface area contributed by atoms with Gasteiger partial charge in [0, 0.05) is 18.7 Å². The first-order valence-corrected chi connectivity index (χ1v) is 15.1. The van der Waals surface area contributed by atoms with Crippen molar-refractivity contribution in [2.75, 3.05) is 13.1 Å². The number of likely N-dealkylation sites (tertiary alicyclic amines) is 1. The van der Waals surface area contributed by atoms with Gasteiger partial charge in [-0.25, -0.2) is 9.59 Å². The lowest BCUT2D eigenvalue weighted by Gasteiger charge is -2.32. The Bertz CT molecular complexity index is 1120. The van der Waals surface area contributed by atoms with Gasteiger partial charge in [-0.3, -0.25) is 5.32 Å². The van der Waals surface area contributed by atoms with Crippen molar-refractivity contribution in [2.45, 2.75) is 116 Å². The van der Waals surface area contributed by atoms with Crippen LogP contribution in [0.1, 0.15) is 116 Å². The molecule has 10 heteroatoms. The Balaban J connectivity index is 1.53. The molecule has 2 heterocycles. The fourth-order valence-corrected chi connectivity index (χ4v) is 4.99. The second kappa shape index (κ2) is 16.1. The summed E-state index contributed by atoms with van der Waals surface area (Å²) in [6, 6.07) is 8.34. The van der Waals surface area contributed by atoms with E-state index in [9.17, 15) is 14.7 Å². The van der Waals surface area contributed by atoms with Gasteiger partial charge in [0.2, 0.25) is 17.7 Å². The topological polar surface area (TPSA) is 130 Å². The number of carbonyl (C=O) groups is 2. The molecular weight excluding hydrogens is 522 g/mol. The summed E-state index contributed by atoms with van der Waals surface area (Å²) in [5.41, 5.74) is 1.46. The largest absolute Gasteiger partial charge is 0.465 e. The molecule has 1 saturated heterocycles. The molecule has 1 atom stereocenters. The highest BCUT2D eigenvalue weighted by Crippen LogP contribution is 2.28. The maximum absolute atomic E-state index is 12.3. The van der Waals surface area contributed by atoms with E-state index in [4.69, 9.17) is 9.26 Å². The van der Waals surface area contributed by atoms with Gasteiger partial charge in [-0.05, 0) is 52.0 Å². The normalized spacial score (nSPS) is 16.0. The maximum Gasteiger partial charge on any atom is 0.437 e. The lowest BCUT2D eigenvalue weighted by Crippen LogP contribution is -2.48. The number of rotatable bonds is 12. The number of amides is 2. The van der Waals surface area contributed by atoms with Crippen molar-refractivity contribution >= 4 is 18.1 Å². The van der Waals surface area contributed by atoms with E-state index >= 15 is 0 Å². The van der Waals surface area contributed by atoms with Gasteiger partial charge in [-0.15, -0.1) is 4.99 Å². The first kappa shape index (κ1) is 32.1. The molecule has 0 radical (unpaired) electrons. The van der Waals surface area contributed by atoms with Crippen molar-refractivity contribution in [3.8, 4) is 11.4 Å². The number of benzene rings is 1. The summed E-state index contributed by atoms with van der Waals surface area (Å²) in [5.74, 6) is 0.808. The molecule has 1 unspecified atom stereocenters. The molecule has 2 aromatic rings. The Morgan fingerprint density at radius 3 is 2.37 bits per heavy atom. The summed E-state index contributed by atoms with van der Waals surface area (Å²) < 4.78 is 10.9. The number of aryl methyl sites for hydroxylation is 1. The molecule has 1 aliphatic rings. The molecule has 2 amide bonds. The third-order valence-corrected chi connectivity index (χ3v) is 7.10. The summed E-state index contributed by atoms with van der Waals surface area (Å²) in [6.07, 6.45) is 12.3. The predicted molar refractivity (Wildman–Crippen MR) is 159 cm³/mol. The van der Waals surface area contributed by atoms with E-state index in [-0.39, 0.29) is 11.9 Å². The number of piperidine rings is 1. The maximum atomic E-state index is 12.3. The zero-order valence-electron chi connectivity index (χ0n) is 25.2. The van der Waals surface area contributed by atoms with E-state index in [1.807, 2.05) is 12.1 Å². The first-order valence-electron chi connectivity index (χ1n) is 15.1. The van der Waals surface area contributed by atoms with Crippen LogP contribution in [0.15, 0.2) is 33.8 Å². The van der Waals surface area contributed by atoms with E-state index in [0.29, 0.717) is 24.8 Å². The molecule has 3 rings (SSSR count). The molecule has 0 aliphatic carbocycles.